The van der Waals surface area contributed by atoms with Gasteiger partial charge in [-0.3, -0.25) is 4.79 Å². The van der Waals surface area contributed by atoms with Crippen molar-refractivity contribution in [2.75, 3.05) is 0 Å². The number of carboxylic acids is 1. The summed E-state index contributed by atoms with van der Waals surface area (Å²) in [5, 5.41) is 8.38. The van der Waals surface area contributed by atoms with Gasteiger partial charge in [-0.25, -0.2) is 0 Å². The van der Waals surface area contributed by atoms with E-state index in [2.05, 4.69) is 0 Å². The third kappa shape index (κ3) is 1.89. The van der Waals surface area contributed by atoms with Crippen LogP contribution in [0.25, 0.3) is 0 Å². The van der Waals surface area contributed by atoms with E-state index in [-0.39, 0.29) is 0 Å². The fraction of sp³-hybridized carbons (Fsp3) is 0.857. The highest BCUT2D eigenvalue weighted by atomic mass is 19.4. The predicted octanol–water partition coefficient (Wildman–Crippen LogP) is 2.30. The van der Waals surface area contributed by atoms with Crippen LogP contribution in [-0.2, 0) is 4.79 Å². The Morgan fingerprint density at radius 2 is 1.67 bits per heavy atom. The molecule has 12 heavy (non-hydrogen) atoms. The van der Waals surface area contributed by atoms with Crippen LogP contribution in [0.1, 0.15) is 20.8 Å². The van der Waals surface area contributed by atoms with Crippen molar-refractivity contribution in [3.05, 3.63) is 0 Å². The van der Waals surface area contributed by atoms with E-state index >= 15 is 0 Å². The zero-order valence-corrected chi connectivity index (χ0v) is 7.07. The second kappa shape index (κ2) is 2.95. The van der Waals surface area contributed by atoms with E-state index in [4.69, 9.17) is 5.11 Å². The van der Waals surface area contributed by atoms with Crippen LogP contribution in [0.15, 0.2) is 0 Å². The van der Waals surface area contributed by atoms with E-state index in [0.29, 0.717) is 0 Å². The number of carbonyl (C=O) groups is 1. The zero-order chi connectivity index (χ0) is 10.2. The summed E-state index contributed by atoms with van der Waals surface area (Å²) in [5.74, 6) is -2.87. The van der Waals surface area contributed by atoms with Gasteiger partial charge in [-0.15, -0.1) is 0 Å². The Labute approximate surface area is 68.4 Å². The standard InChI is InChI=1S/C7H11F3O2/c1-4(5(11)12)6(2,3)7(8,9)10/h4H,1-3H3,(H,11,12)/t4-/m1/s1. The Morgan fingerprint density at radius 1 is 1.33 bits per heavy atom. The van der Waals surface area contributed by atoms with E-state index < -0.39 is 23.5 Å². The molecule has 0 aromatic heterocycles. The van der Waals surface area contributed by atoms with Gasteiger partial charge in [0, 0.05) is 0 Å². The molecular formula is C7H11F3O2. The zero-order valence-electron chi connectivity index (χ0n) is 7.07. The summed E-state index contributed by atoms with van der Waals surface area (Å²) >= 11 is 0. The molecule has 0 heterocycles. The third-order valence-corrected chi connectivity index (χ3v) is 2.18. The minimum absolute atomic E-state index is 0.881. The van der Waals surface area contributed by atoms with Gasteiger partial charge in [-0.2, -0.15) is 13.2 Å². The van der Waals surface area contributed by atoms with Crippen molar-refractivity contribution >= 4 is 5.97 Å². The molecule has 0 aromatic rings. The molecule has 0 saturated heterocycles. The highest BCUT2D eigenvalue weighted by molar-refractivity contribution is 5.70. The average Bonchev–Trinajstić information content (AvgIpc) is 1.83. The van der Waals surface area contributed by atoms with Gasteiger partial charge in [-0.05, 0) is 0 Å². The van der Waals surface area contributed by atoms with E-state index in [1.165, 1.54) is 0 Å². The number of rotatable bonds is 2. The Balaban J connectivity index is 4.73. The molecule has 2 nitrogen and oxygen atoms in total. The number of alkyl halides is 3. The molecule has 0 aromatic carbocycles. The van der Waals surface area contributed by atoms with Crippen LogP contribution >= 0.6 is 0 Å². The first-order chi connectivity index (χ1) is 5.10. The second-order valence-electron chi connectivity index (χ2n) is 3.28. The number of halogens is 3. The summed E-state index contributed by atoms with van der Waals surface area (Å²) in [6.45, 7) is 2.81. The number of aliphatic carboxylic acids is 1. The lowest BCUT2D eigenvalue weighted by molar-refractivity contribution is -0.230. The molecule has 0 radical (unpaired) electrons. The van der Waals surface area contributed by atoms with Crippen molar-refractivity contribution in [1.82, 2.24) is 0 Å². The van der Waals surface area contributed by atoms with E-state index in [1.807, 2.05) is 0 Å². The van der Waals surface area contributed by atoms with Crippen molar-refractivity contribution in [2.24, 2.45) is 11.3 Å². The van der Waals surface area contributed by atoms with Crippen molar-refractivity contribution in [3.63, 3.8) is 0 Å². The minimum Gasteiger partial charge on any atom is -0.481 e. The van der Waals surface area contributed by atoms with Gasteiger partial charge < -0.3 is 5.11 Å². The summed E-state index contributed by atoms with van der Waals surface area (Å²) in [5.41, 5.74) is -2.18. The van der Waals surface area contributed by atoms with Crippen LogP contribution in [-0.4, -0.2) is 17.3 Å². The highest BCUT2D eigenvalue weighted by Gasteiger charge is 2.53. The maximum atomic E-state index is 12.2. The van der Waals surface area contributed by atoms with Crippen LogP contribution in [0.3, 0.4) is 0 Å². The van der Waals surface area contributed by atoms with E-state index in [1.54, 1.807) is 0 Å². The Hall–Kier alpha value is -0.740. The van der Waals surface area contributed by atoms with Crippen molar-refractivity contribution in [3.8, 4) is 0 Å². The van der Waals surface area contributed by atoms with Gasteiger partial charge >= 0.3 is 12.1 Å². The maximum Gasteiger partial charge on any atom is 0.394 e. The van der Waals surface area contributed by atoms with E-state index in [9.17, 15) is 18.0 Å². The van der Waals surface area contributed by atoms with Gasteiger partial charge in [0.15, 0.2) is 0 Å². The maximum absolute atomic E-state index is 12.2. The Morgan fingerprint density at radius 3 is 1.75 bits per heavy atom. The topological polar surface area (TPSA) is 37.3 Å². The lowest BCUT2D eigenvalue weighted by atomic mass is 9.79. The van der Waals surface area contributed by atoms with Crippen molar-refractivity contribution in [2.45, 2.75) is 26.9 Å². The van der Waals surface area contributed by atoms with Gasteiger partial charge in [0.2, 0.25) is 0 Å². The Bertz CT molecular complexity index is 184. The average molecular weight is 184 g/mol. The normalized spacial score (nSPS) is 15.8. The van der Waals surface area contributed by atoms with Crippen LogP contribution in [0.4, 0.5) is 13.2 Å². The monoisotopic (exact) mass is 184 g/mol. The molecule has 0 unspecified atom stereocenters. The summed E-state index contributed by atoms with van der Waals surface area (Å²) in [7, 11) is 0. The van der Waals surface area contributed by atoms with E-state index in [0.717, 1.165) is 20.8 Å². The molecule has 0 aliphatic carbocycles. The van der Waals surface area contributed by atoms with Gasteiger partial charge in [-0.1, -0.05) is 20.8 Å². The molecule has 5 heteroatoms. The largest absolute Gasteiger partial charge is 0.481 e. The summed E-state index contributed by atoms with van der Waals surface area (Å²) in [6.07, 6.45) is -4.48. The smallest absolute Gasteiger partial charge is 0.394 e. The molecule has 0 spiro atoms. The van der Waals surface area contributed by atoms with Gasteiger partial charge in [0.1, 0.15) is 0 Å². The summed E-state index contributed by atoms with van der Waals surface area (Å²) in [6, 6.07) is 0. The molecule has 0 saturated carbocycles. The summed E-state index contributed by atoms with van der Waals surface area (Å²) in [4.78, 5) is 10.3. The number of hydrogen-bond donors (Lipinski definition) is 1. The highest BCUT2D eigenvalue weighted by Crippen LogP contribution is 2.43. The molecule has 1 atom stereocenters. The molecule has 0 rings (SSSR count). The first-order valence-corrected chi connectivity index (χ1v) is 3.40. The fourth-order valence-electron chi connectivity index (χ4n) is 0.554. The fourth-order valence-corrected chi connectivity index (χ4v) is 0.554. The van der Waals surface area contributed by atoms with Crippen LogP contribution < -0.4 is 0 Å². The predicted molar refractivity (Wildman–Crippen MR) is 36.6 cm³/mol. The van der Waals surface area contributed by atoms with Crippen molar-refractivity contribution in [1.29, 1.82) is 0 Å². The van der Waals surface area contributed by atoms with Crippen LogP contribution in [0, 0.1) is 11.3 Å². The minimum atomic E-state index is -4.48. The lowest BCUT2D eigenvalue weighted by Crippen LogP contribution is -2.41. The third-order valence-electron chi connectivity index (χ3n) is 2.18. The van der Waals surface area contributed by atoms with Gasteiger partial charge in [0.25, 0.3) is 0 Å². The summed E-state index contributed by atoms with van der Waals surface area (Å²) < 4.78 is 36.5. The molecule has 0 aliphatic heterocycles. The van der Waals surface area contributed by atoms with Gasteiger partial charge in [0.05, 0.1) is 11.3 Å². The first kappa shape index (κ1) is 11.3. The lowest BCUT2D eigenvalue weighted by Gasteiger charge is -2.31. The SMILES string of the molecule is C[C@H](C(=O)O)C(C)(C)C(F)(F)F. The number of hydrogen-bond acceptors (Lipinski definition) is 1. The first-order valence-electron chi connectivity index (χ1n) is 3.40. The quantitative estimate of drug-likeness (QED) is 0.714. The van der Waals surface area contributed by atoms with Crippen molar-refractivity contribution < 1.29 is 23.1 Å². The molecular weight excluding hydrogens is 173 g/mol. The molecule has 72 valence electrons. The Kier molecular flexibility index (Phi) is 2.77. The molecule has 1 N–H and O–H groups in total. The van der Waals surface area contributed by atoms with Crippen LogP contribution in [0.2, 0.25) is 0 Å². The number of carboxylic acid groups (broad SMARTS) is 1. The second-order valence-corrected chi connectivity index (χ2v) is 3.28. The molecule has 0 aliphatic rings. The molecule has 0 bridgehead atoms. The molecule has 0 fully saturated rings. The van der Waals surface area contributed by atoms with Crippen LogP contribution in [0.5, 0.6) is 0 Å². The molecule has 0 amide bonds.